The van der Waals surface area contributed by atoms with Crippen molar-refractivity contribution in [2.75, 3.05) is 13.1 Å². The predicted octanol–water partition coefficient (Wildman–Crippen LogP) is 1.53. The third-order valence-electron chi connectivity index (χ3n) is 4.61. The van der Waals surface area contributed by atoms with Crippen molar-refractivity contribution in [1.82, 2.24) is 20.0 Å². The van der Waals surface area contributed by atoms with Crippen LogP contribution in [0.25, 0.3) is 0 Å². The molecule has 2 fully saturated rings. The molecule has 4 heteroatoms. The van der Waals surface area contributed by atoms with Crippen LogP contribution in [0.4, 0.5) is 0 Å². The summed E-state index contributed by atoms with van der Waals surface area (Å²) < 4.78 is 1.91. The molecule has 1 spiro atoms. The Kier molecular flexibility index (Phi) is 3.16. The summed E-state index contributed by atoms with van der Waals surface area (Å²) in [7, 11) is 2.00. The second-order valence-corrected chi connectivity index (χ2v) is 6.12. The van der Waals surface area contributed by atoms with E-state index in [-0.39, 0.29) is 0 Å². The van der Waals surface area contributed by atoms with Crippen LogP contribution in [0.3, 0.4) is 0 Å². The van der Waals surface area contributed by atoms with E-state index in [9.17, 15) is 0 Å². The first kappa shape index (κ1) is 12.2. The van der Waals surface area contributed by atoms with Crippen molar-refractivity contribution in [2.24, 2.45) is 7.05 Å². The fourth-order valence-electron chi connectivity index (χ4n) is 3.60. The fraction of sp³-hybridized carbons (Fsp3) is 0.786. The number of aromatic nitrogens is 2. The van der Waals surface area contributed by atoms with E-state index in [1.807, 2.05) is 17.9 Å². The predicted molar refractivity (Wildman–Crippen MR) is 72.3 cm³/mol. The molecule has 1 unspecified atom stereocenters. The quantitative estimate of drug-likeness (QED) is 0.861. The lowest BCUT2D eigenvalue weighted by Gasteiger charge is -2.47. The zero-order chi connectivity index (χ0) is 12.6. The molecule has 2 heterocycles. The van der Waals surface area contributed by atoms with Crippen LogP contribution < -0.4 is 5.32 Å². The van der Waals surface area contributed by atoms with E-state index in [1.54, 1.807) is 0 Å². The van der Waals surface area contributed by atoms with Gasteiger partial charge in [-0.2, -0.15) is 5.10 Å². The average molecular weight is 248 g/mol. The minimum Gasteiger partial charge on any atom is -0.311 e. The molecule has 1 aromatic heterocycles. The maximum absolute atomic E-state index is 4.29. The highest BCUT2D eigenvalue weighted by molar-refractivity contribution is 5.08. The van der Waals surface area contributed by atoms with Crippen molar-refractivity contribution in [1.29, 1.82) is 0 Å². The molecule has 1 saturated heterocycles. The minimum atomic E-state index is 0.419. The highest BCUT2D eigenvalue weighted by atomic mass is 15.3. The average Bonchev–Trinajstić information content (AvgIpc) is 2.95. The van der Waals surface area contributed by atoms with Crippen molar-refractivity contribution in [2.45, 2.75) is 50.7 Å². The van der Waals surface area contributed by atoms with Gasteiger partial charge in [0.05, 0.1) is 6.20 Å². The topological polar surface area (TPSA) is 33.1 Å². The summed E-state index contributed by atoms with van der Waals surface area (Å²) in [6.45, 7) is 5.67. The minimum absolute atomic E-state index is 0.419. The van der Waals surface area contributed by atoms with Crippen molar-refractivity contribution in [3.63, 3.8) is 0 Å². The van der Waals surface area contributed by atoms with Gasteiger partial charge in [-0.05, 0) is 19.8 Å². The third-order valence-corrected chi connectivity index (χ3v) is 4.61. The fourth-order valence-corrected chi connectivity index (χ4v) is 3.60. The second-order valence-electron chi connectivity index (χ2n) is 6.12. The highest BCUT2D eigenvalue weighted by Crippen LogP contribution is 2.37. The van der Waals surface area contributed by atoms with Crippen molar-refractivity contribution < 1.29 is 0 Å². The largest absolute Gasteiger partial charge is 0.311 e. The van der Waals surface area contributed by atoms with Gasteiger partial charge in [0.1, 0.15) is 0 Å². The summed E-state index contributed by atoms with van der Waals surface area (Å²) in [6.07, 6.45) is 9.64. The molecule has 0 amide bonds. The molecule has 0 radical (unpaired) electrons. The summed E-state index contributed by atoms with van der Waals surface area (Å²) in [5.41, 5.74) is 1.76. The number of nitrogens with zero attached hydrogens (tertiary/aromatic N) is 3. The lowest BCUT2D eigenvalue weighted by Crippen LogP contribution is -2.62. The van der Waals surface area contributed by atoms with Gasteiger partial charge in [0, 0.05) is 50.0 Å². The molecule has 1 aliphatic carbocycles. The summed E-state index contributed by atoms with van der Waals surface area (Å²) in [5, 5.41) is 7.96. The number of piperazine rings is 1. The van der Waals surface area contributed by atoms with Crippen LogP contribution >= 0.6 is 0 Å². The molecule has 3 rings (SSSR count). The molecule has 1 atom stereocenters. The van der Waals surface area contributed by atoms with Crippen molar-refractivity contribution in [3.8, 4) is 0 Å². The normalized spacial score (nSPS) is 28.0. The van der Waals surface area contributed by atoms with Gasteiger partial charge in [0.15, 0.2) is 0 Å². The zero-order valence-corrected chi connectivity index (χ0v) is 11.5. The Morgan fingerprint density at radius 2 is 2.22 bits per heavy atom. The van der Waals surface area contributed by atoms with Gasteiger partial charge in [-0.25, -0.2) is 0 Å². The van der Waals surface area contributed by atoms with E-state index in [2.05, 4.69) is 28.4 Å². The molecular formula is C14H24N4. The van der Waals surface area contributed by atoms with Crippen molar-refractivity contribution >= 4 is 0 Å². The van der Waals surface area contributed by atoms with E-state index in [0.29, 0.717) is 11.6 Å². The molecule has 1 N–H and O–H groups in total. The Labute approximate surface area is 109 Å². The number of nitrogens with one attached hydrogen (secondary N) is 1. The van der Waals surface area contributed by atoms with Gasteiger partial charge < -0.3 is 5.32 Å². The van der Waals surface area contributed by atoms with Crippen LogP contribution in [-0.2, 0) is 13.6 Å². The van der Waals surface area contributed by atoms with Crippen LogP contribution in [-0.4, -0.2) is 39.4 Å². The smallest absolute Gasteiger partial charge is 0.0534 e. The van der Waals surface area contributed by atoms with E-state index in [4.69, 9.17) is 0 Å². The summed E-state index contributed by atoms with van der Waals surface area (Å²) in [6, 6.07) is 0.605. The van der Waals surface area contributed by atoms with Gasteiger partial charge in [-0.1, -0.05) is 12.8 Å². The van der Waals surface area contributed by atoms with Crippen LogP contribution in [0.1, 0.15) is 38.2 Å². The SMILES string of the molecule is CC1CN(Cc2cnn(C)c2)C2(CCCC2)CN1. The summed E-state index contributed by atoms with van der Waals surface area (Å²) in [4.78, 5) is 2.71. The molecule has 18 heavy (non-hydrogen) atoms. The van der Waals surface area contributed by atoms with Crippen LogP contribution in [0.2, 0.25) is 0 Å². The number of hydrogen-bond donors (Lipinski definition) is 1. The Hall–Kier alpha value is -0.870. The first-order valence-electron chi connectivity index (χ1n) is 7.14. The molecule has 1 aromatic rings. The van der Waals surface area contributed by atoms with E-state index in [1.165, 1.54) is 31.2 Å². The van der Waals surface area contributed by atoms with Gasteiger partial charge >= 0.3 is 0 Å². The van der Waals surface area contributed by atoms with Gasteiger partial charge in [-0.3, -0.25) is 9.58 Å². The Bertz CT molecular complexity index is 406. The summed E-state index contributed by atoms with van der Waals surface area (Å²) in [5.74, 6) is 0. The van der Waals surface area contributed by atoms with Crippen molar-refractivity contribution in [3.05, 3.63) is 18.0 Å². The first-order chi connectivity index (χ1) is 8.68. The molecule has 1 saturated carbocycles. The molecule has 1 aliphatic heterocycles. The molecular weight excluding hydrogens is 224 g/mol. The van der Waals surface area contributed by atoms with Crippen LogP contribution in [0.5, 0.6) is 0 Å². The lowest BCUT2D eigenvalue weighted by molar-refractivity contribution is 0.0392. The van der Waals surface area contributed by atoms with E-state index in [0.717, 1.165) is 19.6 Å². The molecule has 4 nitrogen and oxygen atoms in total. The van der Waals surface area contributed by atoms with E-state index < -0.39 is 0 Å². The maximum atomic E-state index is 4.29. The van der Waals surface area contributed by atoms with Crippen LogP contribution in [0, 0.1) is 0 Å². The number of aryl methyl sites for hydroxylation is 1. The Balaban J connectivity index is 1.77. The molecule has 100 valence electrons. The van der Waals surface area contributed by atoms with Gasteiger partial charge in [0.25, 0.3) is 0 Å². The monoisotopic (exact) mass is 248 g/mol. The lowest BCUT2D eigenvalue weighted by atomic mass is 9.91. The second kappa shape index (κ2) is 4.67. The summed E-state index contributed by atoms with van der Waals surface area (Å²) >= 11 is 0. The molecule has 0 bridgehead atoms. The first-order valence-corrected chi connectivity index (χ1v) is 7.14. The maximum Gasteiger partial charge on any atom is 0.0534 e. The van der Waals surface area contributed by atoms with Gasteiger partial charge in [0.2, 0.25) is 0 Å². The molecule has 0 aromatic carbocycles. The van der Waals surface area contributed by atoms with Crippen LogP contribution in [0.15, 0.2) is 12.4 Å². The zero-order valence-electron chi connectivity index (χ0n) is 11.5. The number of hydrogen-bond acceptors (Lipinski definition) is 3. The Morgan fingerprint density at radius 1 is 1.44 bits per heavy atom. The molecule has 2 aliphatic rings. The standard InChI is InChI=1S/C14H24N4/c1-12-8-18(10-13-7-16-17(2)9-13)14(11-15-12)5-3-4-6-14/h7,9,12,15H,3-6,8,10-11H2,1-2H3. The third kappa shape index (κ3) is 2.19. The van der Waals surface area contributed by atoms with E-state index >= 15 is 0 Å². The Morgan fingerprint density at radius 3 is 2.89 bits per heavy atom. The number of rotatable bonds is 2. The highest BCUT2D eigenvalue weighted by Gasteiger charge is 2.42. The van der Waals surface area contributed by atoms with Gasteiger partial charge in [-0.15, -0.1) is 0 Å².